The van der Waals surface area contributed by atoms with Gasteiger partial charge in [0.1, 0.15) is 0 Å². The van der Waals surface area contributed by atoms with Gasteiger partial charge in [0.2, 0.25) is 5.91 Å². The molecule has 2 rings (SSSR count). The number of aromatic carboxylic acids is 1. The maximum atomic E-state index is 12.6. The average Bonchev–Trinajstić information content (AvgIpc) is 2.78. The molecule has 20 heavy (non-hydrogen) atoms. The molecule has 4 heteroatoms. The summed E-state index contributed by atoms with van der Waals surface area (Å²) in [5.41, 5.74) is 0.943. The van der Waals surface area contributed by atoms with Crippen LogP contribution in [-0.4, -0.2) is 24.0 Å². The first-order valence-corrected chi connectivity index (χ1v) is 6.71. The Balaban J connectivity index is 2.18. The SMILES string of the molecule is CN(C(=O)C1C(C)(C)C1(C)C)c1ccc(C(=O)O)cc1. The summed E-state index contributed by atoms with van der Waals surface area (Å²) in [6, 6.07) is 6.38. The molecule has 0 bridgehead atoms. The predicted molar refractivity (Wildman–Crippen MR) is 77.9 cm³/mol. The molecule has 1 aromatic carbocycles. The van der Waals surface area contributed by atoms with Crippen molar-refractivity contribution in [1.82, 2.24) is 0 Å². The smallest absolute Gasteiger partial charge is 0.335 e. The van der Waals surface area contributed by atoms with Gasteiger partial charge in [-0.1, -0.05) is 27.7 Å². The Kier molecular flexibility index (Phi) is 3.16. The van der Waals surface area contributed by atoms with E-state index in [1.807, 2.05) is 0 Å². The lowest BCUT2D eigenvalue weighted by atomic mass is 10.0. The topological polar surface area (TPSA) is 57.6 Å². The summed E-state index contributed by atoms with van der Waals surface area (Å²) in [5, 5.41) is 8.88. The van der Waals surface area contributed by atoms with E-state index in [4.69, 9.17) is 5.11 Å². The van der Waals surface area contributed by atoms with Crippen LogP contribution in [0.4, 0.5) is 5.69 Å². The highest BCUT2D eigenvalue weighted by Gasteiger charge is 2.68. The van der Waals surface area contributed by atoms with E-state index in [-0.39, 0.29) is 28.2 Å². The van der Waals surface area contributed by atoms with Crippen LogP contribution in [0.15, 0.2) is 24.3 Å². The van der Waals surface area contributed by atoms with Gasteiger partial charge in [0.15, 0.2) is 0 Å². The average molecular weight is 275 g/mol. The maximum Gasteiger partial charge on any atom is 0.335 e. The van der Waals surface area contributed by atoms with Crippen molar-refractivity contribution in [3.8, 4) is 0 Å². The third-order valence-electron chi connectivity index (χ3n) is 5.10. The van der Waals surface area contributed by atoms with E-state index in [0.29, 0.717) is 0 Å². The number of nitrogens with zero attached hydrogens (tertiary/aromatic N) is 1. The molecule has 0 saturated heterocycles. The fourth-order valence-corrected chi connectivity index (χ4v) is 2.96. The lowest BCUT2D eigenvalue weighted by Crippen LogP contribution is -2.30. The molecule has 1 N–H and O–H groups in total. The number of anilines is 1. The van der Waals surface area contributed by atoms with E-state index in [0.717, 1.165) is 5.69 Å². The summed E-state index contributed by atoms with van der Waals surface area (Å²) in [4.78, 5) is 25.0. The molecule has 1 amide bonds. The minimum absolute atomic E-state index is 0.000646. The van der Waals surface area contributed by atoms with Crippen LogP contribution in [0, 0.1) is 16.7 Å². The second-order valence-electron chi connectivity index (χ2n) is 6.63. The molecule has 0 aliphatic heterocycles. The fourth-order valence-electron chi connectivity index (χ4n) is 2.96. The molecule has 4 nitrogen and oxygen atoms in total. The molecule has 0 aromatic heterocycles. The standard InChI is InChI=1S/C16H21NO3/c1-15(2)12(16(15,3)4)13(18)17(5)11-8-6-10(7-9-11)14(19)20/h6-9,12H,1-5H3,(H,19,20). The Morgan fingerprint density at radius 2 is 1.50 bits per heavy atom. The zero-order valence-electron chi connectivity index (χ0n) is 12.6. The molecule has 0 spiro atoms. The van der Waals surface area contributed by atoms with Crippen LogP contribution in [0.2, 0.25) is 0 Å². The number of carboxylic acids is 1. The van der Waals surface area contributed by atoms with Crippen molar-refractivity contribution in [2.24, 2.45) is 16.7 Å². The van der Waals surface area contributed by atoms with Gasteiger partial charge in [-0.15, -0.1) is 0 Å². The van der Waals surface area contributed by atoms with Gasteiger partial charge in [-0.3, -0.25) is 4.79 Å². The molecule has 1 saturated carbocycles. The van der Waals surface area contributed by atoms with Crippen LogP contribution < -0.4 is 4.90 Å². The van der Waals surface area contributed by atoms with Gasteiger partial charge in [-0.25, -0.2) is 4.79 Å². The molecule has 1 fully saturated rings. The van der Waals surface area contributed by atoms with Crippen LogP contribution in [0.1, 0.15) is 38.1 Å². The first kappa shape index (κ1) is 14.6. The Bertz CT molecular complexity index is 544. The molecule has 0 atom stereocenters. The van der Waals surface area contributed by atoms with E-state index < -0.39 is 5.97 Å². The Morgan fingerprint density at radius 3 is 1.85 bits per heavy atom. The largest absolute Gasteiger partial charge is 0.478 e. The van der Waals surface area contributed by atoms with Crippen molar-refractivity contribution in [2.45, 2.75) is 27.7 Å². The van der Waals surface area contributed by atoms with Crippen molar-refractivity contribution in [1.29, 1.82) is 0 Å². The zero-order valence-corrected chi connectivity index (χ0v) is 12.6. The minimum Gasteiger partial charge on any atom is -0.478 e. The van der Waals surface area contributed by atoms with Crippen LogP contribution in [0.5, 0.6) is 0 Å². The van der Waals surface area contributed by atoms with Crippen molar-refractivity contribution >= 4 is 17.6 Å². The highest BCUT2D eigenvalue weighted by Crippen LogP contribution is 2.68. The van der Waals surface area contributed by atoms with Crippen molar-refractivity contribution in [3.05, 3.63) is 29.8 Å². The number of carbonyl (C=O) groups excluding carboxylic acids is 1. The molecular weight excluding hydrogens is 254 g/mol. The lowest BCUT2D eigenvalue weighted by molar-refractivity contribution is -0.120. The Labute approximate surface area is 119 Å². The van der Waals surface area contributed by atoms with Crippen molar-refractivity contribution in [2.75, 3.05) is 11.9 Å². The zero-order chi connectivity index (χ0) is 15.3. The third kappa shape index (κ3) is 1.99. The number of amides is 1. The molecule has 0 radical (unpaired) electrons. The highest BCUT2D eigenvalue weighted by molar-refractivity contribution is 5.98. The minimum atomic E-state index is -0.963. The number of hydrogen-bond donors (Lipinski definition) is 1. The lowest BCUT2D eigenvalue weighted by Gasteiger charge is -2.18. The summed E-state index contributed by atoms with van der Waals surface area (Å²) < 4.78 is 0. The molecule has 0 unspecified atom stereocenters. The van der Waals surface area contributed by atoms with E-state index in [2.05, 4.69) is 27.7 Å². The molecule has 0 heterocycles. The summed E-state index contributed by atoms with van der Waals surface area (Å²) in [6.07, 6.45) is 0. The number of carboxylic acid groups (broad SMARTS) is 1. The van der Waals surface area contributed by atoms with Gasteiger partial charge >= 0.3 is 5.97 Å². The second kappa shape index (κ2) is 4.33. The summed E-state index contributed by atoms with van der Waals surface area (Å²) >= 11 is 0. The van der Waals surface area contributed by atoms with E-state index in [1.165, 1.54) is 12.1 Å². The number of hydrogen-bond acceptors (Lipinski definition) is 2. The van der Waals surface area contributed by atoms with Gasteiger partial charge in [-0.05, 0) is 35.1 Å². The summed E-state index contributed by atoms with van der Waals surface area (Å²) in [5.74, 6) is -0.878. The predicted octanol–water partition coefficient (Wildman–Crippen LogP) is 3.03. The number of benzene rings is 1. The van der Waals surface area contributed by atoms with Gasteiger partial charge in [-0.2, -0.15) is 0 Å². The summed E-state index contributed by atoms with van der Waals surface area (Å²) in [7, 11) is 1.74. The van der Waals surface area contributed by atoms with Crippen LogP contribution >= 0.6 is 0 Å². The quantitative estimate of drug-likeness (QED) is 0.922. The van der Waals surface area contributed by atoms with E-state index in [1.54, 1.807) is 24.1 Å². The van der Waals surface area contributed by atoms with Crippen molar-refractivity contribution < 1.29 is 14.7 Å². The molecule has 108 valence electrons. The van der Waals surface area contributed by atoms with Crippen molar-refractivity contribution in [3.63, 3.8) is 0 Å². The molecule has 1 aliphatic rings. The van der Waals surface area contributed by atoms with Crippen LogP contribution in [-0.2, 0) is 4.79 Å². The third-order valence-corrected chi connectivity index (χ3v) is 5.10. The monoisotopic (exact) mass is 275 g/mol. The van der Waals surface area contributed by atoms with E-state index >= 15 is 0 Å². The van der Waals surface area contributed by atoms with Gasteiger partial charge in [0.25, 0.3) is 0 Å². The van der Waals surface area contributed by atoms with Gasteiger partial charge in [0.05, 0.1) is 5.56 Å². The van der Waals surface area contributed by atoms with Crippen LogP contribution in [0.3, 0.4) is 0 Å². The van der Waals surface area contributed by atoms with Gasteiger partial charge < -0.3 is 10.0 Å². The normalized spacial score (nSPS) is 19.4. The fraction of sp³-hybridized carbons (Fsp3) is 0.500. The molecular formula is C16H21NO3. The maximum absolute atomic E-state index is 12.6. The van der Waals surface area contributed by atoms with E-state index in [9.17, 15) is 9.59 Å². The summed E-state index contributed by atoms with van der Waals surface area (Å²) in [6.45, 7) is 8.43. The van der Waals surface area contributed by atoms with Crippen LogP contribution in [0.25, 0.3) is 0 Å². The molecule has 1 aromatic rings. The Hall–Kier alpha value is -1.84. The van der Waals surface area contributed by atoms with Gasteiger partial charge in [0, 0.05) is 18.7 Å². The first-order valence-electron chi connectivity index (χ1n) is 6.71. The second-order valence-corrected chi connectivity index (χ2v) is 6.63. The number of carbonyl (C=O) groups is 2. The first-order chi connectivity index (χ1) is 9.10. The number of rotatable bonds is 3. The Morgan fingerprint density at radius 1 is 1.05 bits per heavy atom. The molecule has 1 aliphatic carbocycles. The highest BCUT2D eigenvalue weighted by atomic mass is 16.4.